The van der Waals surface area contributed by atoms with E-state index in [9.17, 15) is 5.11 Å². The van der Waals surface area contributed by atoms with Gasteiger partial charge in [0.1, 0.15) is 0 Å². The lowest BCUT2D eigenvalue weighted by Gasteiger charge is -2.63. The summed E-state index contributed by atoms with van der Waals surface area (Å²) >= 11 is 0. The van der Waals surface area contributed by atoms with E-state index in [0.717, 1.165) is 68.9 Å². The van der Waals surface area contributed by atoms with Gasteiger partial charge in [0.05, 0.1) is 18.3 Å². The van der Waals surface area contributed by atoms with Crippen molar-refractivity contribution in [2.75, 3.05) is 0 Å². The Morgan fingerprint density at radius 2 is 1.69 bits per heavy atom. The number of aliphatic hydroxyl groups is 1. The third-order valence-electron chi connectivity index (χ3n) is 12.2. The number of ether oxygens (including phenoxy) is 1. The molecule has 1 aromatic rings. The Morgan fingerprint density at radius 1 is 1.03 bits per heavy atom. The number of alkyl halides is 2. The number of fused-ring (bicyclic) bond motifs is 5. The minimum Gasteiger partial charge on any atom is -0.390 e. The van der Waals surface area contributed by atoms with Crippen LogP contribution in [0.3, 0.4) is 0 Å². The van der Waals surface area contributed by atoms with Crippen LogP contribution in [0, 0.1) is 46.3 Å². The van der Waals surface area contributed by atoms with Crippen LogP contribution in [-0.2, 0) is 11.3 Å². The Kier molecular flexibility index (Phi) is 7.90. The highest BCUT2D eigenvalue weighted by molar-refractivity contribution is 5.24. The van der Waals surface area contributed by atoms with Gasteiger partial charge in [0.15, 0.2) is 0 Å². The maximum atomic E-state index is 16.4. The lowest BCUT2D eigenvalue weighted by Crippen LogP contribution is -2.61. The fourth-order valence-corrected chi connectivity index (χ4v) is 10.1. The van der Waals surface area contributed by atoms with Crippen LogP contribution in [0.2, 0.25) is 0 Å². The van der Waals surface area contributed by atoms with Gasteiger partial charge >= 0.3 is 0 Å². The van der Waals surface area contributed by atoms with Crippen LogP contribution in [0.1, 0.15) is 104 Å². The van der Waals surface area contributed by atoms with Crippen molar-refractivity contribution in [2.45, 2.75) is 123 Å². The first-order valence-electron chi connectivity index (χ1n) is 15.7. The van der Waals surface area contributed by atoms with E-state index >= 15 is 8.78 Å². The molecule has 9 atom stereocenters. The van der Waals surface area contributed by atoms with E-state index in [0.29, 0.717) is 18.4 Å². The molecule has 0 amide bonds. The zero-order chi connectivity index (χ0) is 28.2. The number of benzene rings is 1. The minimum atomic E-state index is -2.66. The quantitative estimate of drug-likeness (QED) is 0.332. The van der Waals surface area contributed by atoms with Gasteiger partial charge in [-0.3, -0.25) is 0 Å². The van der Waals surface area contributed by atoms with Crippen molar-refractivity contribution in [3.05, 3.63) is 48.0 Å². The van der Waals surface area contributed by atoms with Crippen molar-refractivity contribution in [2.24, 2.45) is 46.3 Å². The van der Waals surface area contributed by atoms with Crippen molar-refractivity contribution in [3.8, 4) is 0 Å². The SMILES string of the molecule is C=C1[C@@H](OCc2ccccc2)CC[C@@]2(C)[C@H]1CC(F)(F)[C@@H]1[C@@H]2CC[C@]2(C)[C@@H]([C@H](C)CCCC(C)(C)O)CC[C@@H]12. The normalized spacial score (nSPS) is 40.5. The predicted molar refractivity (Wildman–Crippen MR) is 154 cm³/mol. The molecule has 4 aliphatic carbocycles. The maximum Gasteiger partial charge on any atom is 0.252 e. The lowest BCUT2D eigenvalue weighted by molar-refractivity contribution is -0.229. The molecule has 4 heteroatoms. The molecule has 2 nitrogen and oxygen atoms in total. The molecule has 1 aromatic carbocycles. The summed E-state index contributed by atoms with van der Waals surface area (Å²) in [4.78, 5) is 0. The summed E-state index contributed by atoms with van der Waals surface area (Å²) in [6, 6.07) is 10.1. The zero-order valence-electron chi connectivity index (χ0n) is 25.0. The molecule has 0 unspecified atom stereocenters. The largest absolute Gasteiger partial charge is 0.390 e. The third-order valence-corrected chi connectivity index (χ3v) is 12.2. The van der Waals surface area contributed by atoms with Gasteiger partial charge < -0.3 is 9.84 Å². The first kappa shape index (κ1) is 29.2. The van der Waals surface area contributed by atoms with Gasteiger partial charge in [-0.15, -0.1) is 0 Å². The summed E-state index contributed by atoms with van der Waals surface area (Å²) in [5.74, 6) is -2.18. The predicted octanol–water partition coefficient (Wildman–Crippen LogP) is 9.22. The van der Waals surface area contributed by atoms with Crippen LogP contribution in [0.4, 0.5) is 8.78 Å². The van der Waals surface area contributed by atoms with Crippen molar-refractivity contribution in [3.63, 3.8) is 0 Å². The van der Waals surface area contributed by atoms with E-state index in [-0.39, 0.29) is 41.1 Å². The number of hydrogen-bond acceptors (Lipinski definition) is 2. The van der Waals surface area contributed by atoms with Crippen LogP contribution in [-0.4, -0.2) is 22.7 Å². The molecule has 0 aromatic heterocycles. The van der Waals surface area contributed by atoms with Gasteiger partial charge in [-0.05, 0) is 110 Å². The van der Waals surface area contributed by atoms with Crippen molar-refractivity contribution < 1.29 is 18.6 Å². The van der Waals surface area contributed by atoms with Crippen LogP contribution in [0.15, 0.2) is 42.5 Å². The molecular formula is C35H52F2O2. The summed E-state index contributed by atoms with van der Waals surface area (Å²) in [7, 11) is 0. The molecule has 0 heterocycles. The summed E-state index contributed by atoms with van der Waals surface area (Å²) < 4.78 is 39.1. The van der Waals surface area contributed by atoms with E-state index in [1.54, 1.807) is 0 Å². The molecule has 0 bridgehead atoms. The summed E-state index contributed by atoms with van der Waals surface area (Å²) in [6.07, 6.45) is 8.51. The van der Waals surface area contributed by atoms with Gasteiger partial charge in [-0.25, -0.2) is 8.78 Å². The smallest absolute Gasteiger partial charge is 0.252 e. The van der Waals surface area contributed by atoms with Crippen LogP contribution in [0.25, 0.3) is 0 Å². The van der Waals surface area contributed by atoms with Gasteiger partial charge in [-0.1, -0.05) is 70.5 Å². The van der Waals surface area contributed by atoms with Crippen LogP contribution in [0.5, 0.6) is 0 Å². The molecule has 0 radical (unpaired) electrons. The second-order valence-corrected chi connectivity index (χ2v) is 15.1. The first-order valence-corrected chi connectivity index (χ1v) is 15.7. The lowest BCUT2D eigenvalue weighted by atomic mass is 9.43. The second kappa shape index (κ2) is 10.5. The molecule has 4 fully saturated rings. The Hall–Kier alpha value is -1.26. The minimum absolute atomic E-state index is 0.00501. The van der Waals surface area contributed by atoms with E-state index in [2.05, 4.69) is 39.5 Å². The number of rotatable bonds is 8. The average Bonchev–Trinajstić information content (AvgIpc) is 3.22. The molecule has 4 saturated carbocycles. The fourth-order valence-electron chi connectivity index (χ4n) is 10.1. The Balaban J connectivity index is 1.31. The van der Waals surface area contributed by atoms with Gasteiger partial charge in [0.2, 0.25) is 0 Å². The highest BCUT2D eigenvalue weighted by Crippen LogP contribution is 2.71. The molecule has 5 rings (SSSR count). The zero-order valence-corrected chi connectivity index (χ0v) is 25.0. The van der Waals surface area contributed by atoms with E-state index in [1.165, 1.54) is 0 Å². The van der Waals surface area contributed by atoms with Gasteiger partial charge in [0.25, 0.3) is 5.92 Å². The number of hydrogen-bond donors (Lipinski definition) is 1. The number of halogens is 2. The standard InChI is InChI=1S/C35H52F2O2/c1-23(11-10-18-32(3,4)38)26-14-15-27-31-28(16-19-33(26,27)5)34(6)20-17-30(24(2)29(34)21-35(31,36)37)39-22-25-12-8-7-9-13-25/h7-9,12-13,23,26-31,38H,2,10-11,14-22H2,1,3-6H3/t23-,26-,27+,28+,29+,30+,31+,33-,34-/m1/s1. The third kappa shape index (κ3) is 5.39. The molecule has 0 aliphatic heterocycles. The van der Waals surface area contributed by atoms with Gasteiger partial charge in [0, 0.05) is 12.3 Å². The van der Waals surface area contributed by atoms with E-state index in [1.807, 2.05) is 32.0 Å². The molecule has 4 aliphatic rings. The van der Waals surface area contributed by atoms with Crippen molar-refractivity contribution >= 4 is 0 Å². The molecular weight excluding hydrogens is 490 g/mol. The molecule has 1 N–H and O–H groups in total. The Morgan fingerprint density at radius 3 is 2.38 bits per heavy atom. The summed E-state index contributed by atoms with van der Waals surface area (Å²) in [5.41, 5.74) is 1.27. The molecule has 0 saturated heterocycles. The van der Waals surface area contributed by atoms with E-state index < -0.39 is 17.4 Å². The molecule has 218 valence electrons. The maximum absolute atomic E-state index is 16.4. The Labute approximate surface area is 236 Å². The fraction of sp³-hybridized carbons (Fsp3) is 0.771. The Bertz CT molecular complexity index is 1020. The average molecular weight is 543 g/mol. The molecule has 0 spiro atoms. The summed E-state index contributed by atoms with van der Waals surface area (Å²) in [5, 5.41) is 10.2. The highest BCUT2D eigenvalue weighted by atomic mass is 19.3. The first-order chi connectivity index (χ1) is 18.3. The van der Waals surface area contributed by atoms with Gasteiger partial charge in [-0.2, -0.15) is 0 Å². The van der Waals surface area contributed by atoms with E-state index in [4.69, 9.17) is 4.74 Å². The topological polar surface area (TPSA) is 29.5 Å². The summed E-state index contributed by atoms with van der Waals surface area (Å²) in [6.45, 7) is 15.7. The highest BCUT2D eigenvalue weighted by Gasteiger charge is 2.68. The van der Waals surface area contributed by atoms with Crippen molar-refractivity contribution in [1.82, 2.24) is 0 Å². The molecule has 39 heavy (non-hydrogen) atoms. The van der Waals surface area contributed by atoms with Crippen LogP contribution < -0.4 is 0 Å². The van der Waals surface area contributed by atoms with Crippen molar-refractivity contribution in [1.29, 1.82) is 0 Å². The van der Waals surface area contributed by atoms with Crippen LogP contribution >= 0.6 is 0 Å². The monoisotopic (exact) mass is 542 g/mol. The second-order valence-electron chi connectivity index (χ2n) is 15.1.